The molecule has 0 aliphatic rings. The van der Waals surface area contributed by atoms with Gasteiger partial charge in [-0.3, -0.25) is 0 Å². The molecule has 0 N–H and O–H groups in total. The quantitative estimate of drug-likeness (QED) is 0.700. The maximum Gasteiger partial charge on any atom is 0.219 e. The molecular weight excluding hydrogens is 337 g/mol. The molecule has 0 amide bonds. The Balaban J connectivity index is 2.28. The summed E-state index contributed by atoms with van der Waals surface area (Å²) in [7, 11) is 0. The molecule has 2 rings (SSSR count). The van der Waals surface area contributed by atoms with Crippen molar-refractivity contribution in [1.29, 1.82) is 0 Å². The van der Waals surface area contributed by atoms with E-state index < -0.39 is 0 Å². The van der Waals surface area contributed by atoms with Crippen LogP contribution in [0.4, 0.5) is 0 Å². The van der Waals surface area contributed by atoms with Gasteiger partial charge in [-0.2, -0.15) is 0 Å². The molecule has 1 aromatic carbocycles. The summed E-state index contributed by atoms with van der Waals surface area (Å²) >= 11 is 15.2. The van der Waals surface area contributed by atoms with Crippen LogP contribution in [0.3, 0.4) is 0 Å². The van der Waals surface area contributed by atoms with E-state index in [4.69, 9.17) is 27.9 Å². The van der Waals surface area contributed by atoms with Crippen LogP contribution < -0.4 is 4.74 Å². The van der Waals surface area contributed by atoms with E-state index >= 15 is 0 Å². The standard InChI is InChI=1S/C13H10BrCl2NO/c1-8-9(7-15)2-5-13(17-8)18-12-6-10(14)3-4-11(12)16/h2-6H,7H2,1H3. The van der Waals surface area contributed by atoms with Gasteiger partial charge in [0.15, 0.2) is 0 Å². The van der Waals surface area contributed by atoms with Crippen molar-refractivity contribution < 1.29 is 4.74 Å². The lowest BCUT2D eigenvalue weighted by Gasteiger charge is -2.09. The highest BCUT2D eigenvalue weighted by molar-refractivity contribution is 9.10. The number of ether oxygens (including phenoxy) is 1. The number of rotatable bonds is 3. The van der Waals surface area contributed by atoms with Crippen molar-refractivity contribution in [2.75, 3.05) is 0 Å². The number of nitrogens with zero attached hydrogens (tertiary/aromatic N) is 1. The minimum atomic E-state index is 0.441. The van der Waals surface area contributed by atoms with Crippen LogP contribution in [0.1, 0.15) is 11.3 Å². The van der Waals surface area contributed by atoms with E-state index in [1.54, 1.807) is 18.2 Å². The van der Waals surface area contributed by atoms with Crippen molar-refractivity contribution in [3.05, 3.63) is 51.1 Å². The highest BCUT2D eigenvalue weighted by Gasteiger charge is 2.06. The normalized spacial score (nSPS) is 10.4. The first-order valence-electron chi connectivity index (χ1n) is 5.25. The molecule has 2 nitrogen and oxygen atoms in total. The first-order valence-corrected chi connectivity index (χ1v) is 6.96. The molecule has 0 aliphatic heterocycles. The lowest BCUT2D eigenvalue weighted by atomic mass is 10.2. The van der Waals surface area contributed by atoms with Crippen LogP contribution in [0.25, 0.3) is 0 Å². The lowest BCUT2D eigenvalue weighted by molar-refractivity contribution is 0.461. The minimum absolute atomic E-state index is 0.441. The summed E-state index contributed by atoms with van der Waals surface area (Å²) in [6, 6.07) is 9.10. The van der Waals surface area contributed by atoms with Gasteiger partial charge in [0.05, 0.1) is 5.02 Å². The van der Waals surface area contributed by atoms with E-state index in [1.807, 2.05) is 19.1 Å². The zero-order chi connectivity index (χ0) is 13.1. The van der Waals surface area contributed by atoms with Gasteiger partial charge in [-0.15, -0.1) is 11.6 Å². The van der Waals surface area contributed by atoms with Gasteiger partial charge >= 0.3 is 0 Å². The molecule has 0 aliphatic carbocycles. The maximum absolute atomic E-state index is 6.05. The Morgan fingerprint density at radius 1 is 1.28 bits per heavy atom. The SMILES string of the molecule is Cc1nc(Oc2cc(Br)ccc2Cl)ccc1CCl. The number of hydrogen-bond acceptors (Lipinski definition) is 2. The van der Waals surface area contributed by atoms with Crippen LogP contribution in [0.15, 0.2) is 34.8 Å². The van der Waals surface area contributed by atoms with Gasteiger partial charge in [-0.1, -0.05) is 33.6 Å². The third kappa shape index (κ3) is 3.16. The number of alkyl halides is 1. The van der Waals surface area contributed by atoms with Crippen molar-refractivity contribution in [3.63, 3.8) is 0 Å². The molecule has 1 heterocycles. The van der Waals surface area contributed by atoms with E-state index in [9.17, 15) is 0 Å². The first kappa shape index (κ1) is 13.7. The van der Waals surface area contributed by atoms with Crippen LogP contribution in [0.2, 0.25) is 5.02 Å². The van der Waals surface area contributed by atoms with Gasteiger partial charge in [0.2, 0.25) is 5.88 Å². The predicted octanol–water partition coefficient (Wildman–Crippen LogP) is 5.34. The summed E-state index contributed by atoms with van der Waals surface area (Å²) in [6.07, 6.45) is 0. The average Bonchev–Trinajstić information content (AvgIpc) is 2.34. The molecule has 0 atom stereocenters. The second-order valence-corrected chi connectivity index (χ2v) is 5.29. The average molecular weight is 347 g/mol. The first-order chi connectivity index (χ1) is 8.60. The van der Waals surface area contributed by atoms with Gasteiger partial charge in [0, 0.05) is 22.1 Å². The summed E-state index contributed by atoms with van der Waals surface area (Å²) in [5, 5.41) is 0.541. The van der Waals surface area contributed by atoms with Crippen molar-refractivity contribution >= 4 is 39.1 Å². The molecule has 0 saturated carbocycles. The molecule has 1 aromatic heterocycles. The monoisotopic (exact) mass is 345 g/mol. The van der Waals surface area contributed by atoms with E-state index in [-0.39, 0.29) is 0 Å². The Morgan fingerprint density at radius 3 is 2.72 bits per heavy atom. The molecule has 0 unspecified atom stereocenters. The van der Waals surface area contributed by atoms with Crippen molar-refractivity contribution in [2.24, 2.45) is 0 Å². The number of aromatic nitrogens is 1. The van der Waals surface area contributed by atoms with Gasteiger partial charge in [0.25, 0.3) is 0 Å². The second-order valence-electron chi connectivity index (χ2n) is 3.70. The second kappa shape index (κ2) is 5.91. The van der Waals surface area contributed by atoms with Crippen LogP contribution in [-0.2, 0) is 5.88 Å². The van der Waals surface area contributed by atoms with Gasteiger partial charge < -0.3 is 4.74 Å². The Labute approximate surface area is 124 Å². The van der Waals surface area contributed by atoms with Crippen LogP contribution in [0, 0.1) is 6.92 Å². The Hall–Kier alpha value is -0.770. The third-order valence-electron chi connectivity index (χ3n) is 2.42. The Bertz CT molecular complexity index is 575. The Kier molecular flexibility index (Phi) is 4.49. The van der Waals surface area contributed by atoms with E-state index in [2.05, 4.69) is 20.9 Å². The highest BCUT2D eigenvalue weighted by Crippen LogP contribution is 2.31. The van der Waals surface area contributed by atoms with Gasteiger partial charge in [0.1, 0.15) is 5.75 Å². The fraction of sp³-hybridized carbons (Fsp3) is 0.154. The minimum Gasteiger partial charge on any atom is -0.437 e. The zero-order valence-corrected chi connectivity index (χ0v) is 12.7. The summed E-state index contributed by atoms with van der Waals surface area (Å²) in [5.74, 6) is 1.51. The largest absolute Gasteiger partial charge is 0.437 e. The van der Waals surface area contributed by atoms with Crippen molar-refractivity contribution in [2.45, 2.75) is 12.8 Å². The zero-order valence-electron chi connectivity index (χ0n) is 9.58. The predicted molar refractivity (Wildman–Crippen MR) is 77.8 cm³/mol. The number of aryl methyl sites for hydroxylation is 1. The van der Waals surface area contributed by atoms with E-state index in [0.717, 1.165) is 15.7 Å². The molecule has 0 bridgehead atoms. The number of hydrogen-bond donors (Lipinski definition) is 0. The topological polar surface area (TPSA) is 22.1 Å². The Morgan fingerprint density at radius 2 is 2.06 bits per heavy atom. The summed E-state index contributed by atoms with van der Waals surface area (Å²) in [5.41, 5.74) is 1.85. The summed E-state index contributed by atoms with van der Waals surface area (Å²) < 4.78 is 6.55. The molecule has 18 heavy (non-hydrogen) atoms. The summed E-state index contributed by atoms with van der Waals surface area (Å²) in [4.78, 5) is 4.33. The van der Waals surface area contributed by atoms with Crippen LogP contribution >= 0.6 is 39.1 Å². The molecular formula is C13H10BrCl2NO. The molecule has 2 aromatic rings. The number of halogens is 3. The fourth-order valence-corrected chi connectivity index (χ4v) is 2.21. The molecule has 0 fully saturated rings. The van der Waals surface area contributed by atoms with E-state index in [1.165, 1.54) is 0 Å². The maximum atomic E-state index is 6.05. The molecule has 0 spiro atoms. The molecule has 0 radical (unpaired) electrons. The van der Waals surface area contributed by atoms with Crippen molar-refractivity contribution in [3.8, 4) is 11.6 Å². The van der Waals surface area contributed by atoms with Gasteiger partial charge in [-0.25, -0.2) is 4.98 Å². The highest BCUT2D eigenvalue weighted by atomic mass is 79.9. The van der Waals surface area contributed by atoms with Crippen molar-refractivity contribution in [1.82, 2.24) is 4.98 Å². The van der Waals surface area contributed by atoms with Crippen LogP contribution in [-0.4, -0.2) is 4.98 Å². The van der Waals surface area contributed by atoms with E-state index in [0.29, 0.717) is 22.5 Å². The van der Waals surface area contributed by atoms with Gasteiger partial charge in [-0.05, 0) is 30.7 Å². The summed E-state index contributed by atoms with van der Waals surface area (Å²) in [6.45, 7) is 1.90. The van der Waals surface area contributed by atoms with Crippen LogP contribution in [0.5, 0.6) is 11.6 Å². The third-order valence-corrected chi connectivity index (χ3v) is 3.51. The number of benzene rings is 1. The lowest BCUT2D eigenvalue weighted by Crippen LogP contribution is -1.94. The molecule has 5 heteroatoms. The fourth-order valence-electron chi connectivity index (χ4n) is 1.43. The smallest absolute Gasteiger partial charge is 0.219 e. The number of pyridine rings is 1. The molecule has 0 saturated heterocycles. The molecule has 94 valence electrons.